The van der Waals surface area contributed by atoms with Crippen LogP contribution in [0.1, 0.15) is 31.0 Å². The van der Waals surface area contributed by atoms with Crippen LogP contribution in [0.25, 0.3) is 0 Å². The third-order valence-corrected chi connectivity index (χ3v) is 3.94. The largest absolute Gasteiger partial charge is 0.319 e. The Bertz CT molecular complexity index is 502. The van der Waals surface area contributed by atoms with Crippen LogP contribution in [0, 0.1) is 5.41 Å². The Morgan fingerprint density at radius 2 is 2.05 bits per heavy atom. The lowest BCUT2D eigenvalue weighted by Gasteiger charge is -2.30. The summed E-state index contributed by atoms with van der Waals surface area (Å²) in [5.41, 5.74) is 1.50. The molecule has 6 heteroatoms. The van der Waals surface area contributed by atoms with E-state index in [0.717, 1.165) is 11.1 Å². The number of rotatable bonds is 4. The van der Waals surface area contributed by atoms with Crippen LogP contribution in [0.5, 0.6) is 0 Å². The molecule has 0 aromatic heterocycles. The molecule has 1 N–H and O–H groups in total. The Hall–Kier alpha value is -0.810. The van der Waals surface area contributed by atoms with Gasteiger partial charge in [-0.25, -0.2) is 8.78 Å². The highest BCUT2D eigenvalue weighted by molar-refractivity contribution is 6.30. The number of benzene rings is 1. The van der Waals surface area contributed by atoms with E-state index in [0.29, 0.717) is 11.4 Å². The van der Waals surface area contributed by atoms with Gasteiger partial charge in [0.15, 0.2) is 0 Å². The third kappa shape index (κ3) is 2.93. The van der Waals surface area contributed by atoms with Gasteiger partial charge in [-0.3, -0.25) is 0 Å². The first kappa shape index (κ1) is 15.6. The van der Waals surface area contributed by atoms with Gasteiger partial charge in [-0.05, 0) is 35.1 Å². The van der Waals surface area contributed by atoms with Crippen molar-refractivity contribution in [2.75, 3.05) is 6.54 Å². The fourth-order valence-corrected chi connectivity index (χ4v) is 2.89. The average molecular weight is 310 g/mol. The molecule has 1 aliphatic rings. The van der Waals surface area contributed by atoms with Gasteiger partial charge in [0.2, 0.25) is 0 Å². The maximum Gasteiger partial charge on any atom is 0.319 e. The Morgan fingerprint density at radius 1 is 1.40 bits per heavy atom. The summed E-state index contributed by atoms with van der Waals surface area (Å²) in [7, 11) is 0. The first-order valence-corrected chi connectivity index (χ1v) is 6.69. The lowest BCUT2D eigenvalue weighted by molar-refractivity contribution is -0.127. The van der Waals surface area contributed by atoms with Crippen LogP contribution in [0.15, 0.2) is 18.2 Å². The van der Waals surface area contributed by atoms with Crippen LogP contribution in [0.4, 0.5) is 17.6 Å². The highest BCUT2D eigenvalue weighted by atomic mass is 35.5. The van der Waals surface area contributed by atoms with Gasteiger partial charge in [-0.1, -0.05) is 31.5 Å². The van der Waals surface area contributed by atoms with E-state index < -0.39 is 24.9 Å². The fourth-order valence-electron chi connectivity index (χ4n) is 2.71. The highest BCUT2D eigenvalue weighted by Gasteiger charge is 2.44. The second-order valence-electron chi connectivity index (χ2n) is 5.88. The molecule has 112 valence electrons. The monoisotopic (exact) mass is 309 g/mol. The van der Waals surface area contributed by atoms with Crippen LogP contribution in [0.3, 0.4) is 0 Å². The topological polar surface area (TPSA) is 12.0 Å². The average Bonchev–Trinajstić information content (AvgIpc) is 2.56. The predicted molar refractivity (Wildman–Crippen MR) is 70.6 cm³/mol. The van der Waals surface area contributed by atoms with E-state index in [1.54, 1.807) is 12.1 Å². The third-order valence-electron chi connectivity index (χ3n) is 3.71. The smallest absolute Gasteiger partial charge is 0.304 e. The van der Waals surface area contributed by atoms with Crippen molar-refractivity contribution in [2.45, 2.75) is 38.7 Å². The summed E-state index contributed by atoms with van der Waals surface area (Å²) in [6.45, 7) is 2.78. The first-order valence-electron chi connectivity index (χ1n) is 6.31. The lowest BCUT2D eigenvalue weighted by Crippen LogP contribution is -2.43. The Balaban J connectivity index is 2.21. The molecule has 0 amide bonds. The number of halogens is 5. The molecule has 0 saturated carbocycles. The molecular weight excluding hydrogens is 294 g/mol. The maximum absolute atomic E-state index is 13.1. The Kier molecular flexibility index (Phi) is 4.04. The van der Waals surface area contributed by atoms with Gasteiger partial charge in [0.25, 0.3) is 0 Å². The van der Waals surface area contributed by atoms with E-state index in [4.69, 9.17) is 11.6 Å². The van der Waals surface area contributed by atoms with Crippen molar-refractivity contribution < 1.29 is 17.6 Å². The van der Waals surface area contributed by atoms with E-state index in [1.165, 1.54) is 0 Å². The standard InChI is InChI=1S/C14H16ClF4N/c1-13(2)6-8-3-4-9(15)5-10(8)11(13)20-7-14(18,19)12(16)17/h3-5,11-12,20H,6-7H2,1-2H3. The number of hydrogen-bond donors (Lipinski definition) is 1. The van der Waals surface area contributed by atoms with Crippen molar-refractivity contribution in [3.05, 3.63) is 34.3 Å². The molecule has 1 aromatic carbocycles. The number of nitrogens with one attached hydrogen (secondary N) is 1. The van der Waals surface area contributed by atoms with Crippen molar-refractivity contribution in [3.63, 3.8) is 0 Å². The van der Waals surface area contributed by atoms with Crippen LogP contribution >= 0.6 is 11.6 Å². The van der Waals surface area contributed by atoms with Gasteiger partial charge in [-0.2, -0.15) is 8.78 Å². The lowest BCUT2D eigenvalue weighted by atomic mass is 9.85. The molecule has 1 nitrogen and oxygen atoms in total. The molecular formula is C14H16ClF4N. The number of hydrogen-bond acceptors (Lipinski definition) is 1. The molecule has 2 rings (SSSR count). The summed E-state index contributed by atoms with van der Waals surface area (Å²) in [5, 5.41) is 3.10. The summed E-state index contributed by atoms with van der Waals surface area (Å²) in [6, 6.07) is 4.89. The molecule has 1 unspecified atom stereocenters. The van der Waals surface area contributed by atoms with Gasteiger partial charge in [0.05, 0.1) is 6.54 Å². The molecule has 0 fully saturated rings. The second-order valence-corrected chi connectivity index (χ2v) is 6.32. The van der Waals surface area contributed by atoms with Crippen molar-refractivity contribution in [3.8, 4) is 0 Å². The fraction of sp³-hybridized carbons (Fsp3) is 0.571. The van der Waals surface area contributed by atoms with E-state index in [1.807, 2.05) is 19.9 Å². The van der Waals surface area contributed by atoms with Crippen molar-refractivity contribution in [2.24, 2.45) is 5.41 Å². The van der Waals surface area contributed by atoms with Gasteiger partial charge in [-0.15, -0.1) is 0 Å². The number of fused-ring (bicyclic) bond motifs is 1. The minimum atomic E-state index is -4.03. The molecule has 0 spiro atoms. The molecule has 0 bridgehead atoms. The molecule has 0 aliphatic heterocycles. The summed E-state index contributed by atoms with van der Waals surface area (Å²) in [6.07, 6.45) is -2.98. The van der Waals surface area contributed by atoms with E-state index in [-0.39, 0.29) is 5.41 Å². The summed E-state index contributed by atoms with van der Waals surface area (Å²) >= 11 is 5.93. The predicted octanol–water partition coefficient (Wildman–Crippen LogP) is 4.45. The van der Waals surface area contributed by atoms with Gasteiger partial charge in [0, 0.05) is 11.1 Å². The quantitative estimate of drug-likeness (QED) is 0.810. The molecule has 0 heterocycles. The summed E-state index contributed by atoms with van der Waals surface area (Å²) < 4.78 is 50.6. The van der Waals surface area contributed by atoms with Crippen LogP contribution in [-0.2, 0) is 6.42 Å². The maximum atomic E-state index is 13.1. The highest BCUT2D eigenvalue weighted by Crippen LogP contribution is 2.46. The molecule has 0 saturated heterocycles. The zero-order valence-electron chi connectivity index (χ0n) is 11.2. The normalized spacial score (nSPS) is 21.3. The summed E-state index contributed by atoms with van der Waals surface area (Å²) in [5.74, 6) is -4.03. The van der Waals surface area contributed by atoms with Gasteiger partial charge < -0.3 is 5.32 Å². The van der Waals surface area contributed by atoms with Crippen LogP contribution in [-0.4, -0.2) is 18.9 Å². The molecule has 20 heavy (non-hydrogen) atoms. The summed E-state index contributed by atoms with van der Waals surface area (Å²) in [4.78, 5) is 0. The van der Waals surface area contributed by atoms with Crippen molar-refractivity contribution >= 4 is 11.6 Å². The van der Waals surface area contributed by atoms with E-state index >= 15 is 0 Å². The van der Waals surface area contributed by atoms with Crippen molar-refractivity contribution in [1.82, 2.24) is 5.32 Å². The minimum absolute atomic E-state index is 0.328. The molecule has 1 aromatic rings. The molecule has 1 aliphatic carbocycles. The second kappa shape index (κ2) is 5.19. The Labute approximate surface area is 120 Å². The number of alkyl halides is 4. The van der Waals surface area contributed by atoms with Crippen LogP contribution < -0.4 is 5.32 Å². The van der Waals surface area contributed by atoms with E-state index in [2.05, 4.69) is 5.32 Å². The van der Waals surface area contributed by atoms with Crippen molar-refractivity contribution in [1.29, 1.82) is 0 Å². The zero-order valence-corrected chi connectivity index (χ0v) is 11.9. The SMILES string of the molecule is CC1(C)Cc2ccc(Cl)cc2C1NCC(F)(F)C(F)F. The first-order chi connectivity index (χ1) is 9.13. The van der Waals surface area contributed by atoms with Gasteiger partial charge >= 0.3 is 12.3 Å². The van der Waals surface area contributed by atoms with E-state index in [9.17, 15) is 17.6 Å². The minimum Gasteiger partial charge on any atom is -0.304 e. The zero-order chi connectivity index (χ0) is 15.1. The Morgan fingerprint density at radius 3 is 2.65 bits per heavy atom. The molecule has 0 radical (unpaired) electrons. The van der Waals surface area contributed by atoms with Crippen LogP contribution in [0.2, 0.25) is 5.02 Å². The van der Waals surface area contributed by atoms with Gasteiger partial charge in [0.1, 0.15) is 0 Å². The molecule has 1 atom stereocenters.